The molecule has 0 aliphatic heterocycles. The standard InChI is InChI=1S/C12H15N3O4/c13-10(16)6-9(12(18)19)15-11(17)7-14-8-4-2-1-3-5-8/h1-5,9,14H,6-7H2,(H2,13,16)(H,15,17)(H,18,19)/t9-/m1/s1. The molecule has 19 heavy (non-hydrogen) atoms. The summed E-state index contributed by atoms with van der Waals surface area (Å²) in [6.07, 6.45) is -0.438. The van der Waals surface area contributed by atoms with Crippen molar-refractivity contribution in [1.82, 2.24) is 5.32 Å². The Bertz CT molecular complexity index is 461. The van der Waals surface area contributed by atoms with Crippen molar-refractivity contribution in [1.29, 1.82) is 0 Å². The number of hydrogen-bond donors (Lipinski definition) is 4. The molecule has 0 aromatic heterocycles. The van der Waals surface area contributed by atoms with Crippen molar-refractivity contribution in [2.24, 2.45) is 5.73 Å². The van der Waals surface area contributed by atoms with Gasteiger partial charge in [-0.05, 0) is 12.1 Å². The van der Waals surface area contributed by atoms with Crippen LogP contribution in [0.2, 0.25) is 0 Å². The number of para-hydroxylation sites is 1. The zero-order valence-corrected chi connectivity index (χ0v) is 10.1. The minimum Gasteiger partial charge on any atom is -0.480 e. The van der Waals surface area contributed by atoms with Crippen molar-refractivity contribution in [3.05, 3.63) is 30.3 Å². The average molecular weight is 265 g/mol. The molecule has 0 bridgehead atoms. The Labute approximate surface area is 109 Å². The van der Waals surface area contributed by atoms with Crippen LogP contribution in [-0.4, -0.2) is 35.5 Å². The first-order chi connectivity index (χ1) is 8.99. The molecule has 7 heteroatoms. The van der Waals surface area contributed by atoms with E-state index in [1.54, 1.807) is 24.3 Å². The molecular formula is C12H15N3O4. The van der Waals surface area contributed by atoms with Crippen LogP contribution < -0.4 is 16.4 Å². The topological polar surface area (TPSA) is 122 Å². The number of rotatable bonds is 7. The molecule has 0 saturated heterocycles. The fourth-order valence-electron chi connectivity index (χ4n) is 1.38. The minimum absolute atomic E-state index is 0.0907. The van der Waals surface area contributed by atoms with Gasteiger partial charge in [0.1, 0.15) is 6.04 Å². The average Bonchev–Trinajstić information content (AvgIpc) is 2.36. The van der Waals surface area contributed by atoms with Crippen LogP contribution in [0.1, 0.15) is 6.42 Å². The summed E-state index contributed by atoms with van der Waals surface area (Å²) in [4.78, 5) is 33.0. The Kier molecular flexibility index (Phi) is 5.34. The molecule has 0 spiro atoms. The van der Waals surface area contributed by atoms with E-state index in [1.807, 2.05) is 6.07 Å². The zero-order valence-electron chi connectivity index (χ0n) is 10.1. The fourth-order valence-corrected chi connectivity index (χ4v) is 1.38. The summed E-state index contributed by atoms with van der Waals surface area (Å²) >= 11 is 0. The molecule has 1 rings (SSSR count). The molecule has 0 fully saturated rings. The molecule has 0 aliphatic rings. The monoisotopic (exact) mass is 265 g/mol. The Morgan fingerprint density at radius 1 is 1.21 bits per heavy atom. The quantitative estimate of drug-likeness (QED) is 0.531. The van der Waals surface area contributed by atoms with Gasteiger partial charge in [0.25, 0.3) is 0 Å². The van der Waals surface area contributed by atoms with Gasteiger partial charge < -0.3 is 21.5 Å². The van der Waals surface area contributed by atoms with Crippen LogP contribution in [0.15, 0.2) is 30.3 Å². The predicted molar refractivity (Wildman–Crippen MR) is 68.3 cm³/mol. The van der Waals surface area contributed by atoms with E-state index < -0.39 is 30.2 Å². The largest absolute Gasteiger partial charge is 0.480 e. The number of aliphatic carboxylic acids is 1. The maximum absolute atomic E-state index is 11.5. The van der Waals surface area contributed by atoms with Gasteiger partial charge in [-0.25, -0.2) is 4.79 Å². The van der Waals surface area contributed by atoms with E-state index in [-0.39, 0.29) is 6.54 Å². The molecule has 0 unspecified atom stereocenters. The smallest absolute Gasteiger partial charge is 0.326 e. The normalized spacial score (nSPS) is 11.4. The van der Waals surface area contributed by atoms with Gasteiger partial charge >= 0.3 is 5.97 Å². The third-order valence-electron chi connectivity index (χ3n) is 2.27. The first kappa shape index (κ1) is 14.5. The molecule has 1 aromatic rings. The van der Waals surface area contributed by atoms with Crippen LogP contribution in [0, 0.1) is 0 Å². The van der Waals surface area contributed by atoms with Crippen LogP contribution in [0.4, 0.5) is 5.69 Å². The van der Waals surface area contributed by atoms with Crippen LogP contribution >= 0.6 is 0 Å². The number of carboxylic acid groups (broad SMARTS) is 1. The van der Waals surface area contributed by atoms with E-state index in [0.29, 0.717) is 0 Å². The van der Waals surface area contributed by atoms with Gasteiger partial charge in [0.05, 0.1) is 13.0 Å². The summed E-state index contributed by atoms with van der Waals surface area (Å²) in [5, 5.41) is 13.9. The van der Waals surface area contributed by atoms with Gasteiger partial charge in [0, 0.05) is 5.69 Å². The Morgan fingerprint density at radius 2 is 1.84 bits per heavy atom. The number of nitrogens with one attached hydrogen (secondary N) is 2. The summed E-state index contributed by atoms with van der Waals surface area (Å²) in [6.45, 7) is -0.0907. The lowest BCUT2D eigenvalue weighted by Gasteiger charge is -2.13. The third kappa shape index (κ3) is 5.53. The summed E-state index contributed by atoms with van der Waals surface area (Å²) in [6, 6.07) is 7.67. The number of amides is 2. The molecule has 102 valence electrons. The van der Waals surface area contributed by atoms with Crippen LogP contribution in [0.25, 0.3) is 0 Å². The maximum atomic E-state index is 11.5. The van der Waals surface area contributed by atoms with Crippen molar-refractivity contribution >= 4 is 23.5 Å². The second-order valence-electron chi connectivity index (χ2n) is 3.85. The van der Waals surface area contributed by atoms with Crippen LogP contribution in [0.5, 0.6) is 0 Å². The first-order valence-corrected chi connectivity index (χ1v) is 5.58. The first-order valence-electron chi connectivity index (χ1n) is 5.58. The molecule has 5 N–H and O–H groups in total. The van der Waals surface area contributed by atoms with Crippen molar-refractivity contribution < 1.29 is 19.5 Å². The molecule has 0 radical (unpaired) electrons. The molecular weight excluding hydrogens is 250 g/mol. The highest BCUT2D eigenvalue weighted by Gasteiger charge is 2.21. The molecule has 7 nitrogen and oxygen atoms in total. The molecule has 0 heterocycles. The molecule has 1 atom stereocenters. The molecule has 2 amide bonds. The van der Waals surface area contributed by atoms with E-state index in [9.17, 15) is 14.4 Å². The van der Waals surface area contributed by atoms with Gasteiger partial charge in [-0.1, -0.05) is 18.2 Å². The summed E-state index contributed by atoms with van der Waals surface area (Å²) in [5.41, 5.74) is 5.64. The van der Waals surface area contributed by atoms with E-state index in [1.165, 1.54) is 0 Å². The highest BCUT2D eigenvalue weighted by atomic mass is 16.4. The summed E-state index contributed by atoms with van der Waals surface area (Å²) in [5.74, 6) is -2.62. The van der Waals surface area contributed by atoms with Crippen molar-refractivity contribution in [3.63, 3.8) is 0 Å². The maximum Gasteiger partial charge on any atom is 0.326 e. The Morgan fingerprint density at radius 3 is 2.37 bits per heavy atom. The van der Waals surface area contributed by atoms with E-state index in [4.69, 9.17) is 10.8 Å². The van der Waals surface area contributed by atoms with Crippen molar-refractivity contribution in [2.45, 2.75) is 12.5 Å². The van der Waals surface area contributed by atoms with Crippen molar-refractivity contribution in [2.75, 3.05) is 11.9 Å². The molecule has 1 aromatic carbocycles. The Balaban J connectivity index is 2.45. The lowest BCUT2D eigenvalue weighted by molar-refractivity contribution is -0.143. The van der Waals surface area contributed by atoms with Crippen LogP contribution in [0.3, 0.4) is 0 Å². The van der Waals surface area contributed by atoms with Gasteiger partial charge in [-0.2, -0.15) is 0 Å². The fraction of sp³-hybridized carbons (Fsp3) is 0.250. The van der Waals surface area contributed by atoms with Gasteiger partial charge in [-0.15, -0.1) is 0 Å². The number of carboxylic acids is 1. The highest BCUT2D eigenvalue weighted by Crippen LogP contribution is 2.03. The van der Waals surface area contributed by atoms with Gasteiger partial charge in [0.15, 0.2) is 0 Å². The van der Waals surface area contributed by atoms with Crippen molar-refractivity contribution in [3.8, 4) is 0 Å². The third-order valence-corrected chi connectivity index (χ3v) is 2.27. The highest BCUT2D eigenvalue weighted by molar-refractivity contribution is 5.89. The van der Waals surface area contributed by atoms with E-state index in [0.717, 1.165) is 5.69 Å². The lowest BCUT2D eigenvalue weighted by Crippen LogP contribution is -2.45. The second kappa shape index (κ2) is 7.00. The number of nitrogens with two attached hydrogens (primary N) is 1. The SMILES string of the molecule is NC(=O)C[C@@H](NC(=O)CNc1ccccc1)C(=O)O. The number of carbonyl (C=O) groups excluding carboxylic acids is 2. The summed E-state index contributed by atoms with van der Waals surface area (Å²) in [7, 11) is 0. The van der Waals surface area contributed by atoms with E-state index >= 15 is 0 Å². The lowest BCUT2D eigenvalue weighted by atomic mass is 10.2. The summed E-state index contributed by atoms with van der Waals surface area (Å²) < 4.78 is 0. The van der Waals surface area contributed by atoms with Gasteiger partial charge in [0.2, 0.25) is 11.8 Å². The van der Waals surface area contributed by atoms with Crippen LogP contribution in [-0.2, 0) is 14.4 Å². The number of anilines is 1. The minimum atomic E-state index is -1.30. The number of primary amides is 1. The number of carbonyl (C=O) groups is 3. The number of hydrogen-bond acceptors (Lipinski definition) is 4. The zero-order chi connectivity index (χ0) is 14.3. The van der Waals surface area contributed by atoms with E-state index in [2.05, 4.69) is 10.6 Å². The number of benzene rings is 1. The Hall–Kier alpha value is -2.57. The van der Waals surface area contributed by atoms with Gasteiger partial charge in [-0.3, -0.25) is 9.59 Å². The molecule has 0 saturated carbocycles. The second-order valence-corrected chi connectivity index (χ2v) is 3.85. The predicted octanol–water partition coefficient (Wildman–Crippen LogP) is -0.457. The molecule has 0 aliphatic carbocycles.